The average Bonchev–Trinajstić information content (AvgIpc) is 3.19. The summed E-state index contributed by atoms with van der Waals surface area (Å²) in [5.41, 5.74) is 3.84. The number of aromatic nitrogens is 1. The summed E-state index contributed by atoms with van der Waals surface area (Å²) in [6.45, 7) is 7.11. The Morgan fingerprint density at radius 2 is 1.72 bits per heavy atom. The molecule has 1 unspecified atom stereocenters. The third kappa shape index (κ3) is 5.54. The molecule has 4 rings (SSSR count). The van der Waals surface area contributed by atoms with Crippen LogP contribution in [0, 0.1) is 5.82 Å². The minimum Gasteiger partial charge on any atom is -0.392 e. The average molecular weight is 439 g/mol. The maximum absolute atomic E-state index is 13.4. The number of aliphatic hydroxyl groups excluding tert-OH is 1. The molecule has 32 heavy (non-hydrogen) atoms. The third-order valence-corrected chi connectivity index (χ3v) is 5.83. The van der Waals surface area contributed by atoms with Gasteiger partial charge < -0.3 is 19.4 Å². The van der Waals surface area contributed by atoms with Crippen LogP contribution in [0.15, 0.2) is 59.1 Å². The first kappa shape index (κ1) is 22.5. The topological polar surface area (TPSA) is 56.0 Å². The van der Waals surface area contributed by atoms with Gasteiger partial charge in [0.15, 0.2) is 0 Å². The van der Waals surface area contributed by atoms with Crippen molar-refractivity contribution in [3.63, 3.8) is 0 Å². The van der Waals surface area contributed by atoms with Crippen LogP contribution < -0.4 is 4.90 Å². The molecule has 1 aromatic heterocycles. The molecule has 0 aliphatic carbocycles. The summed E-state index contributed by atoms with van der Waals surface area (Å²) in [5.74, 6) is 0.547. The van der Waals surface area contributed by atoms with Crippen molar-refractivity contribution in [1.29, 1.82) is 0 Å². The van der Waals surface area contributed by atoms with Gasteiger partial charge in [0.25, 0.3) is 0 Å². The third-order valence-electron chi connectivity index (χ3n) is 5.83. The van der Waals surface area contributed by atoms with E-state index in [9.17, 15) is 9.50 Å². The second-order valence-electron chi connectivity index (χ2n) is 8.62. The van der Waals surface area contributed by atoms with Crippen molar-refractivity contribution in [2.24, 2.45) is 0 Å². The van der Waals surface area contributed by atoms with E-state index < -0.39 is 6.10 Å². The number of rotatable bonds is 8. The first-order chi connectivity index (χ1) is 15.5. The molecular formula is C25H31FN4O2. The van der Waals surface area contributed by atoms with E-state index in [2.05, 4.69) is 26.9 Å². The molecule has 0 radical (unpaired) electrons. The van der Waals surface area contributed by atoms with Gasteiger partial charge in [-0.25, -0.2) is 4.39 Å². The molecule has 1 aliphatic heterocycles. The first-order valence-corrected chi connectivity index (χ1v) is 11.1. The molecule has 2 heterocycles. The predicted molar refractivity (Wildman–Crippen MR) is 124 cm³/mol. The molecule has 2 aromatic carbocycles. The van der Waals surface area contributed by atoms with Gasteiger partial charge in [-0.05, 0) is 31.7 Å². The van der Waals surface area contributed by atoms with Crippen LogP contribution in [0.2, 0.25) is 0 Å². The minimum atomic E-state index is -0.498. The highest BCUT2D eigenvalue weighted by Gasteiger charge is 2.26. The van der Waals surface area contributed by atoms with Crippen LogP contribution in [-0.2, 0) is 13.1 Å². The van der Waals surface area contributed by atoms with Crippen LogP contribution in [-0.4, -0.2) is 65.9 Å². The number of anilines is 1. The van der Waals surface area contributed by atoms with Crippen LogP contribution in [0.5, 0.6) is 0 Å². The Hall–Kier alpha value is -2.74. The Morgan fingerprint density at radius 1 is 1.03 bits per heavy atom. The van der Waals surface area contributed by atoms with E-state index >= 15 is 0 Å². The lowest BCUT2D eigenvalue weighted by atomic mass is 10.1. The Balaban J connectivity index is 1.66. The van der Waals surface area contributed by atoms with Gasteiger partial charge >= 0.3 is 0 Å². The second kappa shape index (κ2) is 10.3. The van der Waals surface area contributed by atoms with Gasteiger partial charge in [0.05, 0.1) is 11.7 Å². The van der Waals surface area contributed by atoms with Gasteiger partial charge in [-0.1, -0.05) is 47.6 Å². The van der Waals surface area contributed by atoms with Crippen LogP contribution in [0.1, 0.15) is 18.1 Å². The lowest BCUT2D eigenvalue weighted by Crippen LogP contribution is -2.44. The van der Waals surface area contributed by atoms with Crippen molar-refractivity contribution in [2.45, 2.75) is 26.1 Å². The number of likely N-dealkylation sites (N-methyl/N-ethyl adjacent to an activating group) is 1. The molecule has 6 nitrogen and oxygen atoms in total. The number of hydrogen-bond donors (Lipinski definition) is 1. The molecule has 170 valence electrons. The van der Waals surface area contributed by atoms with Gasteiger partial charge in [-0.2, -0.15) is 0 Å². The van der Waals surface area contributed by atoms with E-state index in [1.165, 1.54) is 12.1 Å². The zero-order chi connectivity index (χ0) is 22.5. The van der Waals surface area contributed by atoms with E-state index in [0.717, 1.165) is 54.4 Å². The fourth-order valence-electron chi connectivity index (χ4n) is 4.15. The maximum Gasteiger partial charge on any atom is 0.232 e. The van der Waals surface area contributed by atoms with Crippen molar-refractivity contribution in [1.82, 2.24) is 15.0 Å². The monoisotopic (exact) mass is 438 g/mol. The Bertz CT molecular complexity index is 983. The lowest BCUT2D eigenvalue weighted by Gasteiger charge is -2.33. The van der Waals surface area contributed by atoms with Gasteiger partial charge in [0, 0.05) is 51.4 Å². The van der Waals surface area contributed by atoms with Crippen molar-refractivity contribution in [2.75, 3.05) is 44.7 Å². The second-order valence-corrected chi connectivity index (χ2v) is 8.62. The van der Waals surface area contributed by atoms with E-state index in [1.54, 1.807) is 19.1 Å². The Kier molecular flexibility index (Phi) is 7.19. The molecule has 1 atom stereocenters. The van der Waals surface area contributed by atoms with Crippen LogP contribution >= 0.6 is 0 Å². The van der Waals surface area contributed by atoms with Crippen LogP contribution in [0.3, 0.4) is 0 Å². The number of nitrogens with zero attached hydrogens (tertiary/aromatic N) is 4. The summed E-state index contributed by atoms with van der Waals surface area (Å²) in [5, 5.41) is 14.6. The first-order valence-electron chi connectivity index (χ1n) is 11.1. The van der Waals surface area contributed by atoms with Crippen molar-refractivity contribution in [3.05, 3.63) is 71.5 Å². The van der Waals surface area contributed by atoms with E-state index in [-0.39, 0.29) is 5.82 Å². The van der Waals surface area contributed by atoms with Crippen molar-refractivity contribution in [3.8, 4) is 11.3 Å². The van der Waals surface area contributed by atoms with Gasteiger partial charge in [-0.15, -0.1) is 0 Å². The zero-order valence-electron chi connectivity index (χ0n) is 18.7. The highest BCUT2D eigenvalue weighted by atomic mass is 19.1. The molecule has 0 spiro atoms. The highest BCUT2D eigenvalue weighted by Crippen LogP contribution is 2.33. The largest absolute Gasteiger partial charge is 0.392 e. The molecule has 0 amide bonds. The van der Waals surface area contributed by atoms with Gasteiger partial charge in [0.2, 0.25) is 5.88 Å². The summed E-state index contributed by atoms with van der Waals surface area (Å²) in [4.78, 5) is 6.72. The summed E-state index contributed by atoms with van der Waals surface area (Å²) >= 11 is 0. The quantitative estimate of drug-likeness (QED) is 0.580. The molecule has 3 aromatic rings. The Morgan fingerprint density at radius 3 is 2.38 bits per heavy atom. The molecule has 7 heteroatoms. The normalized spacial score (nSPS) is 16.0. The number of halogens is 1. The highest BCUT2D eigenvalue weighted by molar-refractivity contribution is 5.68. The minimum absolute atomic E-state index is 0.251. The standard InChI is InChI=1S/C25H31FN4O2/c1-19(31)16-29(17-20-8-10-22(26)11-9-20)18-23-24(21-6-4-3-5-7-21)27-32-25(23)30-14-12-28(2)13-15-30/h3-11,19,31H,12-18H2,1-2H3. The van der Waals surface area contributed by atoms with Crippen molar-refractivity contribution >= 4 is 5.88 Å². The molecule has 1 N–H and O–H groups in total. The number of hydrogen-bond acceptors (Lipinski definition) is 6. The Labute approximate surface area is 188 Å². The molecule has 0 bridgehead atoms. The van der Waals surface area contributed by atoms with E-state index in [4.69, 9.17) is 4.52 Å². The number of piperazine rings is 1. The van der Waals surface area contributed by atoms with Crippen LogP contribution in [0.4, 0.5) is 10.3 Å². The SMILES string of the molecule is CC(O)CN(Cc1ccc(F)cc1)Cc1c(-c2ccccc2)noc1N1CCN(C)CC1. The van der Waals surface area contributed by atoms with Crippen LogP contribution in [0.25, 0.3) is 11.3 Å². The lowest BCUT2D eigenvalue weighted by molar-refractivity contribution is 0.118. The molecule has 1 aliphatic rings. The smallest absolute Gasteiger partial charge is 0.232 e. The summed E-state index contributed by atoms with van der Waals surface area (Å²) in [6.07, 6.45) is -0.498. The molecular weight excluding hydrogens is 407 g/mol. The van der Waals surface area contributed by atoms with Crippen molar-refractivity contribution < 1.29 is 14.0 Å². The van der Waals surface area contributed by atoms with Gasteiger partial charge in [-0.3, -0.25) is 4.90 Å². The summed E-state index contributed by atoms with van der Waals surface area (Å²) < 4.78 is 19.3. The summed E-state index contributed by atoms with van der Waals surface area (Å²) in [7, 11) is 2.13. The predicted octanol–water partition coefficient (Wildman–Crippen LogP) is 3.62. The molecule has 1 fully saturated rings. The fourth-order valence-corrected chi connectivity index (χ4v) is 4.15. The zero-order valence-corrected chi connectivity index (χ0v) is 18.7. The van der Waals surface area contributed by atoms with Gasteiger partial charge in [0.1, 0.15) is 11.5 Å². The maximum atomic E-state index is 13.4. The fraction of sp³-hybridized carbons (Fsp3) is 0.400. The van der Waals surface area contributed by atoms with E-state index in [1.807, 2.05) is 30.3 Å². The number of aliphatic hydroxyl groups is 1. The molecule has 1 saturated heterocycles. The molecule has 0 saturated carbocycles. The number of benzene rings is 2. The van der Waals surface area contributed by atoms with E-state index in [0.29, 0.717) is 19.6 Å². The summed E-state index contributed by atoms with van der Waals surface area (Å²) in [6, 6.07) is 16.6.